The van der Waals surface area contributed by atoms with Crippen LogP contribution < -0.4 is 4.90 Å². The summed E-state index contributed by atoms with van der Waals surface area (Å²) in [5.74, 6) is -0.0340. The molecular formula is C26H23N3OS. The Morgan fingerprint density at radius 1 is 1.00 bits per heavy atom. The van der Waals surface area contributed by atoms with Crippen LogP contribution in [0, 0.1) is 0 Å². The van der Waals surface area contributed by atoms with Crippen LogP contribution in [0.5, 0.6) is 0 Å². The standard InChI is InChI=1S/C26H23N3OS/c1-26(2)20-12-7-8-13-21(20)28(3)24(26)16-22(30)19-17-29(18-10-5-4-6-11-18)27-25(19)23-14-9-15-31-23/h4-17H,1-3H3/b24-16+. The molecule has 3 heterocycles. The fourth-order valence-electron chi connectivity index (χ4n) is 4.32. The van der Waals surface area contributed by atoms with Crippen LogP contribution in [0.4, 0.5) is 5.69 Å². The summed E-state index contributed by atoms with van der Waals surface area (Å²) in [4.78, 5) is 16.7. The zero-order valence-electron chi connectivity index (χ0n) is 17.7. The molecule has 4 aromatic rings. The maximum atomic E-state index is 13.6. The van der Waals surface area contributed by atoms with Gasteiger partial charge < -0.3 is 4.90 Å². The summed E-state index contributed by atoms with van der Waals surface area (Å²) in [7, 11) is 2.03. The van der Waals surface area contributed by atoms with Gasteiger partial charge in [0.2, 0.25) is 0 Å². The molecule has 31 heavy (non-hydrogen) atoms. The van der Waals surface area contributed by atoms with Crippen LogP contribution in [0.3, 0.4) is 0 Å². The minimum atomic E-state index is -0.250. The number of fused-ring (bicyclic) bond motifs is 1. The number of aromatic nitrogens is 2. The van der Waals surface area contributed by atoms with Gasteiger partial charge in [-0.3, -0.25) is 4.79 Å². The van der Waals surface area contributed by atoms with Gasteiger partial charge in [-0.25, -0.2) is 4.68 Å². The molecule has 154 valence electrons. The molecule has 1 aliphatic heterocycles. The number of para-hydroxylation sites is 2. The van der Waals surface area contributed by atoms with E-state index >= 15 is 0 Å². The highest BCUT2D eigenvalue weighted by Gasteiger charge is 2.38. The molecular weight excluding hydrogens is 402 g/mol. The molecule has 1 aliphatic rings. The lowest BCUT2D eigenvalue weighted by Gasteiger charge is -2.23. The molecule has 0 saturated carbocycles. The van der Waals surface area contributed by atoms with Crippen LogP contribution >= 0.6 is 11.3 Å². The third-order valence-corrected chi connectivity index (χ3v) is 6.84. The molecule has 2 aromatic heterocycles. The Morgan fingerprint density at radius 2 is 1.74 bits per heavy atom. The number of hydrogen-bond donors (Lipinski definition) is 0. The number of hydrogen-bond acceptors (Lipinski definition) is 4. The number of likely N-dealkylation sites (N-methyl/N-ethyl adjacent to an activating group) is 1. The van der Waals surface area contributed by atoms with Crippen LogP contribution in [-0.2, 0) is 5.41 Å². The van der Waals surface area contributed by atoms with E-state index in [2.05, 4.69) is 36.9 Å². The Kier molecular flexibility index (Phi) is 4.63. The molecule has 0 unspecified atom stereocenters. The van der Waals surface area contributed by atoms with Gasteiger partial charge in [-0.15, -0.1) is 11.3 Å². The summed E-state index contributed by atoms with van der Waals surface area (Å²) in [6.07, 6.45) is 3.63. The fraction of sp³-hybridized carbons (Fsp3) is 0.154. The van der Waals surface area contributed by atoms with E-state index in [9.17, 15) is 4.79 Å². The Bertz CT molecular complexity index is 1280. The highest BCUT2D eigenvalue weighted by molar-refractivity contribution is 7.13. The molecule has 0 atom stereocenters. The second kappa shape index (κ2) is 7.36. The smallest absolute Gasteiger partial charge is 0.191 e. The van der Waals surface area contributed by atoms with Crippen LogP contribution in [0.1, 0.15) is 29.8 Å². The largest absolute Gasteiger partial charge is 0.347 e. The van der Waals surface area contributed by atoms with E-state index in [1.54, 1.807) is 22.1 Å². The number of nitrogens with zero attached hydrogens (tertiary/aromatic N) is 3. The topological polar surface area (TPSA) is 38.1 Å². The van der Waals surface area contributed by atoms with E-state index in [-0.39, 0.29) is 11.2 Å². The quantitative estimate of drug-likeness (QED) is 0.293. The zero-order chi connectivity index (χ0) is 21.6. The Hall–Kier alpha value is -3.44. The molecule has 0 N–H and O–H groups in total. The molecule has 4 nitrogen and oxygen atoms in total. The van der Waals surface area contributed by atoms with Crippen LogP contribution in [-0.4, -0.2) is 22.6 Å². The summed E-state index contributed by atoms with van der Waals surface area (Å²) in [6.45, 7) is 4.34. The number of carbonyl (C=O) groups is 1. The number of allylic oxidation sites excluding steroid dienone is 2. The predicted octanol–water partition coefficient (Wildman–Crippen LogP) is 6.10. The Labute approximate surface area is 186 Å². The van der Waals surface area contributed by atoms with E-state index in [0.717, 1.165) is 27.6 Å². The SMILES string of the molecule is CN1/C(=C/C(=O)c2cn(-c3ccccc3)nc2-c2cccs2)C(C)(C)c2ccccc21. The number of ketones is 1. The van der Waals surface area contributed by atoms with Crippen molar-refractivity contribution in [2.75, 3.05) is 11.9 Å². The number of benzene rings is 2. The summed E-state index contributed by atoms with van der Waals surface area (Å²) >= 11 is 1.59. The lowest BCUT2D eigenvalue weighted by atomic mass is 9.83. The van der Waals surface area contributed by atoms with Gasteiger partial charge in [0.15, 0.2) is 5.78 Å². The molecule has 0 bridgehead atoms. The van der Waals surface area contributed by atoms with Gasteiger partial charge in [0.1, 0.15) is 5.69 Å². The van der Waals surface area contributed by atoms with Gasteiger partial charge in [-0.1, -0.05) is 56.3 Å². The molecule has 2 aromatic carbocycles. The van der Waals surface area contributed by atoms with Crippen molar-refractivity contribution in [3.63, 3.8) is 0 Å². The summed E-state index contributed by atoms with van der Waals surface area (Å²) in [5, 5.41) is 6.78. The van der Waals surface area contributed by atoms with Gasteiger partial charge in [0.25, 0.3) is 0 Å². The van der Waals surface area contributed by atoms with Gasteiger partial charge in [-0.05, 0) is 35.2 Å². The molecule has 0 aliphatic carbocycles. The average molecular weight is 426 g/mol. The molecule has 0 saturated heterocycles. The second-order valence-corrected chi connectivity index (χ2v) is 9.19. The van der Waals surface area contributed by atoms with Gasteiger partial charge in [0.05, 0.1) is 16.1 Å². The van der Waals surface area contributed by atoms with Crippen molar-refractivity contribution in [2.24, 2.45) is 0 Å². The monoisotopic (exact) mass is 425 g/mol. The number of thiophene rings is 1. The predicted molar refractivity (Wildman–Crippen MR) is 127 cm³/mol. The van der Waals surface area contributed by atoms with Crippen molar-refractivity contribution < 1.29 is 4.79 Å². The van der Waals surface area contributed by atoms with Gasteiger partial charge in [-0.2, -0.15) is 5.10 Å². The first kappa shape index (κ1) is 19.5. The first-order chi connectivity index (χ1) is 15.0. The van der Waals surface area contributed by atoms with E-state index in [4.69, 9.17) is 5.10 Å². The van der Waals surface area contributed by atoms with Crippen LogP contribution in [0.2, 0.25) is 0 Å². The summed E-state index contributed by atoms with van der Waals surface area (Å²) in [5.41, 5.74) is 5.37. The molecule has 0 spiro atoms. The van der Waals surface area contributed by atoms with Crippen molar-refractivity contribution in [1.82, 2.24) is 9.78 Å². The summed E-state index contributed by atoms with van der Waals surface area (Å²) in [6, 6.07) is 22.2. The zero-order valence-corrected chi connectivity index (χ0v) is 18.6. The molecule has 0 amide bonds. The third-order valence-electron chi connectivity index (χ3n) is 5.96. The summed E-state index contributed by atoms with van der Waals surface area (Å²) < 4.78 is 1.79. The number of anilines is 1. The van der Waals surface area contributed by atoms with Crippen LogP contribution in [0.25, 0.3) is 16.3 Å². The van der Waals surface area contributed by atoms with E-state index < -0.39 is 0 Å². The van der Waals surface area contributed by atoms with Crippen molar-refractivity contribution in [3.05, 3.63) is 101 Å². The first-order valence-electron chi connectivity index (χ1n) is 10.3. The van der Waals surface area contributed by atoms with E-state index in [0.29, 0.717) is 5.56 Å². The maximum absolute atomic E-state index is 13.6. The maximum Gasteiger partial charge on any atom is 0.191 e. The average Bonchev–Trinajstić information content (AvgIpc) is 3.50. The van der Waals surface area contributed by atoms with Crippen molar-refractivity contribution >= 4 is 22.8 Å². The molecule has 5 rings (SSSR count). The fourth-order valence-corrected chi connectivity index (χ4v) is 5.05. The van der Waals surface area contributed by atoms with Crippen LogP contribution in [0.15, 0.2) is 90.1 Å². The van der Waals surface area contributed by atoms with Gasteiger partial charge >= 0.3 is 0 Å². The second-order valence-electron chi connectivity index (χ2n) is 8.24. The highest BCUT2D eigenvalue weighted by Crippen LogP contribution is 2.46. The van der Waals surface area contributed by atoms with Crippen molar-refractivity contribution in [1.29, 1.82) is 0 Å². The van der Waals surface area contributed by atoms with Crippen molar-refractivity contribution in [3.8, 4) is 16.3 Å². The third kappa shape index (κ3) is 3.22. The Morgan fingerprint density at radius 3 is 2.45 bits per heavy atom. The van der Waals surface area contributed by atoms with E-state index in [1.807, 2.05) is 67.2 Å². The minimum Gasteiger partial charge on any atom is -0.347 e. The first-order valence-corrected chi connectivity index (χ1v) is 11.1. The number of rotatable bonds is 4. The molecule has 0 fully saturated rings. The Balaban J connectivity index is 1.61. The number of carbonyl (C=O) groups excluding carboxylic acids is 1. The van der Waals surface area contributed by atoms with E-state index in [1.165, 1.54) is 5.56 Å². The van der Waals surface area contributed by atoms with Gasteiger partial charge in [0, 0.05) is 36.1 Å². The van der Waals surface area contributed by atoms with Crippen molar-refractivity contribution in [2.45, 2.75) is 19.3 Å². The lowest BCUT2D eigenvalue weighted by molar-refractivity contribution is 0.104. The highest BCUT2D eigenvalue weighted by atomic mass is 32.1. The molecule has 0 radical (unpaired) electrons. The lowest BCUT2D eigenvalue weighted by Crippen LogP contribution is -2.24. The normalized spacial score (nSPS) is 16.0. The molecule has 5 heteroatoms. The minimum absolute atomic E-state index is 0.0340.